The number of rotatable bonds is 3. The number of halogens is 2. The second-order valence-electron chi connectivity index (χ2n) is 3.93. The lowest BCUT2D eigenvalue weighted by molar-refractivity contribution is 0.411. The molecule has 0 unspecified atom stereocenters. The van der Waals surface area contributed by atoms with Gasteiger partial charge in [-0.15, -0.1) is 0 Å². The van der Waals surface area contributed by atoms with E-state index in [9.17, 15) is 4.39 Å². The molecule has 18 heavy (non-hydrogen) atoms. The molecule has 0 saturated heterocycles. The molecule has 2 nitrogen and oxygen atoms in total. The van der Waals surface area contributed by atoms with E-state index < -0.39 is 0 Å². The summed E-state index contributed by atoms with van der Waals surface area (Å²) in [6.07, 6.45) is 0. The zero-order valence-corrected chi connectivity index (χ0v) is 10.9. The third kappa shape index (κ3) is 2.74. The van der Waals surface area contributed by atoms with Gasteiger partial charge in [-0.1, -0.05) is 17.7 Å². The van der Waals surface area contributed by atoms with Gasteiger partial charge in [0.05, 0.1) is 12.8 Å². The van der Waals surface area contributed by atoms with Crippen molar-refractivity contribution in [2.45, 2.75) is 6.92 Å². The standard InChI is InChI=1S/C14H13ClFNO/c1-9-3-4-10(15)7-14(9)17-13-6-5-11(18-2)8-12(13)16/h3-8,17H,1-2H3. The average molecular weight is 266 g/mol. The molecule has 1 N–H and O–H groups in total. The molecule has 0 heterocycles. The number of anilines is 2. The maximum atomic E-state index is 13.8. The van der Waals surface area contributed by atoms with E-state index in [1.54, 1.807) is 24.3 Å². The smallest absolute Gasteiger partial charge is 0.150 e. The lowest BCUT2D eigenvalue weighted by Gasteiger charge is -2.11. The van der Waals surface area contributed by atoms with Gasteiger partial charge in [-0.3, -0.25) is 0 Å². The van der Waals surface area contributed by atoms with Crippen molar-refractivity contribution in [3.63, 3.8) is 0 Å². The maximum absolute atomic E-state index is 13.8. The molecular weight excluding hydrogens is 253 g/mol. The Morgan fingerprint density at radius 2 is 1.89 bits per heavy atom. The minimum Gasteiger partial charge on any atom is -0.497 e. The number of benzene rings is 2. The summed E-state index contributed by atoms with van der Waals surface area (Å²) < 4.78 is 18.7. The van der Waals surface area contributed by atoms with E-state index >= 15 is 0 Å². The summed E-state index contributed by atoms with van der Waals surface area (Å²) in [5.74, 6) is 0.120. The fraction of sp³-hybridized carbons (Fsp3) is 0.143. The van der Waals surface area contributed by atoms with Crippen LogP contribution in [-0.4, -0.2) is 7.11 Å². The molecule has 0 fully saturated rings. The molecule has 0 radical (unpaired) electrons. The minimum absolute atomic E-state index is 0.367. The number of nitrogens with one attached hydrogen (secondary N) is 1. The van der Waals surface area contributed by atoms with Gasteiger partial charge in [-0.05, 0) is 36.8 Å². The summed E-state index contributed by atoms with van der Waals surface area (Å²) >= 11 is 5.92. The van der Waals surface area contributed by atoms with Gasteiger partial charge in [0.2, 0.25) is 0 Å². The van der Waals surface area contributed by atoms with Crippen molar-refractivity contribution in [3.05, 3.63) is 52.8 Å². The first-order valence-electron chi connectivity index (χ1n) is 5.47. The van der Waals surface area contributed by atoms with E-state index in [1.807, 2.05) is 13.0 Å². The highest BCUT2D eigenvalue weighted by molar-refractivity contribution is 6.30. The Morgan fingerprint density at radius 3 is 2.56 bits per heavy atom. The van der Waals surface area contributed by atoms with Crippen LogP contribution in [-0.2, 0) is 0 Å². The van der Waals surface area contributed by atoms with E-state index in [4.69, 9.17) is 16.3 Å². The summed E-state index contributed by atoms with van der Waals surface area (Å²) in [6.45, 7) is 1.93. The summed E-state index contributed by atoms with van der Waals surface area (Å²) in [5, 5.41) is 3.63. The predicted molar refractivity (Wildman–Crippen MR) is 72.4 cm³/mol. The van der Waals surface area contributed by atoms with Gasteiger partial charge in [0.15, 0.2) is 0 Å². The monoisotopic (exact) mass is 265 g/mol. The lowest BCUT2D eigenvalue weighted by atomic mass is 10.2. The molecule has 0 atom stereocenters. The second kappa shape index (κ2) is 5.27. The Kier molecular flexibility index (Phi) is 3.72. The first-order chi connectivity index (χ1) is 8.60. The van der Waals surface area contributed by atoms with Crippen LogP contribution in [0.5, 0.6) is 5.75 Å². The summed E-state index contributed by atoms with van der Waals surface area (Å²) in [5.41, 5.74) is 2.17. The molecule has 2 aromatic rings. The van der Waals surface area contributed by atoms with Crippen LogP contribution >= 0.6 is 11.6 Å². The van der Waals surface area contributed by atoms with Gasteiger partial charge in [-0.25, -0.2) is 4.39 Å². The van der Waals surface area contributed by atoms with Crippen molar-refractivity contribution in [3.8, 4) is 5.75 Å². The van der Waals surface area contributed by atoms with Crippen molar-refractivity contribution in [2.75, 3.05) is 12.4 Å². The van der Waals surface area contributed by atoms with Crippen LogP contribution < -0.4 is 10.1 Å². The fourth-order valence-electron chi connectivity index (χ4n) is 1.60. The molecular formula is C14H13ClFNO. The normalized spacial score (nSPS) is 10.2. The Bertz CT molecular complexity index is 572. The first-order valence-corrected chi connectivity index (χ1v) is 5.84. The zero-order chi connectivity index (χ0) is 13.1. The van der Waals surface area contributed by atoms with Crippen molar-refractivity contribution >= 4 is 23.0 Å². The predicted octanol–water partition coefficient (Wildman–Crippen LogP) is 4.54. The lowest BCUT2D eigenvalue weighted by Crippen LogP contribution is -1.96. The molecule has 94 valence electrons. The number of methoxy groups -OCH3 is 1. The molecule has 2 aromatic carbocycles. The Balaban J connectivity index is 2.31. The molecule has 0 amide bonds. The average Bonchev–Trinajstić information content (AvgIpc) is 2.36. The van der Waals surface area contributed by atoms with Crippen LogP contribution in [0, 0.1) is 12.7 Å². The fourth-order valence-corrected chi connectivity index (χ4v) is 1.77. The van der Waals surface area contributed by atoms with Gasteiger partial charge in [-0.2, -0.15) is 0 Å². The van der Waals surface area contributed by atoms with Crippen LogP contribution in [0.15, 0.2) is 36.4 Å². The summed E-state index contributed by atoms with van der Waals surface area (Å²) in [4.78, 5) is 0. The molecule has 0 bridgehead atoms. The molecule has 0 saturated carbocycles. The molecule has 2 rings (SSSR count). The SMILES string of the molecule is COc1ccc(Nc2cc(Cl)ccc2C)c(F)c1. The number of hydrogen-bond donors (Lipinski definition) is 1. The second-order valence-corrected chi connectivity index (χ2v) is 4.37. The number of ether oxygens (including phenoxy) is 1. The van der Waals surface area contributed by atoms with Gasteiger partial charge in [0.1, 0.15) is 11.6 Å². The summed E-state index contributed by atoms with van der Waals surface area (Å²) in [6, 6.07) is 10.1. The van der Waals surface area contributed by atoms with Gasteiger partial charge < -0.3 is 10.1 Å². The van der Waals surface area contributed by atoms with E-state index in [1.165, 1.54) is 13.2 Å². The van der Waals surface area contributed by atoms with Crippen LogP contribution in [0.4, 0.5) is 15.8 Å². The van der Waals surface area contributed by atoms with Crippen molar-refractivity contribution in [1.29, 1.82) is 0 Å². The first kappa shape index (κ1) is 12.7. The van der Waals surface area contributed by atoms with E-state index in [0.717, 1.165) is 11.3 Å². The molecule has 0 aliphatic rings. The third-order valence-corrected chi connectivity index (χ3v) is 2.88. The van der Waals surface area contributed by atoms with Crippen molar-refractivity contribution in [1.82, 2.24) is 0 Å². The number of hydrogen-bond acceptors (Lipinski definition) is 2. The van der Waals surface area contributed by atoms with Crippen LogP contribution in [0.25, 0.3) is 0 Å². The van der Waals surface area contributed by atoms with Crippen LogP contribution in [0.1, 0.15) is 5.56 Å². The third-order valence-electron chi connectivity index (χ3n) is 2.65. The van der Waals surface area contributed by atoms with E-state index in [-0.39, 0.29) is 5.82 Å². The molecule has 0 aliphatic carbocycles. The maximum Gasteiger partial charge on any atom is 0.150 e. The molecule has 0 spiro atoms. The van der Waals surface area contributed by atoms with Gasteiger partial charge in [0, 0.05) is 16.8 Å². The molecule has 4 heteroatoms. The Hall–Kier alpha value is -1.74. The highest BCUT2D eigenvalue weighted by Gasteiger charge is 2.06. The molecule has 0 aromatic heterocycles. The topological polar surface area (TPSA) is 21.3 Å². The molecule has 0 aliphatic heterocycles. The number of aryl methyl sites for hydroxylation is 1. The highest BCUT2D eigenvalue weighted by Crippen LogP contribution is 2.27. The van der Waals surface area contributed by atoms with Crippen LogP contribution in [0.2, 0.25) is 5.02 Å². The van der Waals surface area contributed by atoms with Gasteiger partial charge >= 0.3 is 0 Å². The van der Waals surface area contributed by atoms with Gasteiger partial charge in [0.25, 0.3) is 0 Å². The van der Waals surface area contributed by atoms with E-state index in [0.29, 0.717) is 16.5 Å². The summed E-state index contributed by atoms with van der Waals surface area (Å²) in [7, 11) is 1.50. The highest BCUT2D eigenvalue weighted by atomic mass is 35.5. The quantitative estimate of drug-likeness (QED) is 0.880. The zero-order valence-electron chi connectivity index (χ0n) is 10.1. The Labute approximate surface area is 110 Å². The van der Waals surface area contributed by atoms with E-state index in [2.05, 4.69) is 5.32 Å². The Morgan fingerprint density at radius 1 is 1.11 bits per heavy atom. The minimum atomic E-state index is -0.367. The van der Waals surface area contributed by atoms with Crippen molar-refractivity contribution in [2.24, 2.45) is 0 Å². The largest absolute Gasteiger partial charge is 0.497 e. The van der Waals surface area contributed by atoms with Crippen molar-refractivity contribution < 1.29 is 9.13 Å². The van der Waals surface area contributed by atoms with Crippen LogP contribution in [0.3, 0.4) is 0 Å².